The Morgan fingerprint density at radius 3 is 2.39 bits per heavy atom. The molecule has 0 radical (unpaired) electrons. The number of urea groups is 1. The molecule has 2 heterocycles. The number of hydrogen-bond donors (Lipinski definition) is 1. The predicted octanol–water partition coefficient (Wildman–Crippen LogP) is 4.36. The molecule has 2 amide bonds. The Labute approximate surface area is 113 Å². The predicted molar refractivity (Wildman–Crippen MR) is 77.4 cm³/mol. The number of carbonyl (C=O) groups is 1. The molecular formula is C14H22N2OS. The molecule has 1 N–H and O–H groups in total. The first-order chi connectivity index (χ1) is 8.25. The summed E-state index contributed by atoms with van der Waals surface area (Å²) in [6.07, 6.45) is 0. The molecule has 4 heteroatoms. The number of nitrogens with zero attached hydrogens (tertiary/aromatic N) is 1. The van der Waals surface area contributed by atoms with Crippen LogP contribution in [0.1, 0.15) is 57.2 Å². The van der Waals surface area contributed by atoms with Gasteiger partial charge in [0.1, 0.15) is 0 Å². The van der Waals surface area contributed by atoms with E-state index in [2.05, 4.69) is 52.9 Å². The van der Waals surface area contributed by atoms with Gasteiger partial charge in [0.25, 0.3) is 0 Å². The van der Waals surface area contributed by atoms with Gasteiger partial charge in [-0.2, -0.15) is 0 Å². The van der Waals surface area contributed by atoms with Crippen molar-refractivity contribution in [2.24, 2.45) is 0 Å². The van der Waals surface area contributed by atoms with Gasteiger partial charge in [0.2, 0.25) is 0 Å². The van der Waals surface area contributed by atoms with Crippen molar-refractivity contribution in [3.8, 4) is 0 Å². The van der Waals surface area contributed by atoms with Gasteiger partial charge in [0, 0.05) is 10.9 Å². The molecule has 0 fully saturated rings. The Bertz CT molecular complexity index is 474. The molecule has 3 nitrogen and oxygen atoms in total. The van der Waals surface area contributed by atoms with E-state index in [4.69, 9.17) is 0 Å². The van der Waals surface area contributed by atoms with Crippen LogP contribution in [-0.4, -0.2) is 17.0 Å². The van der Waals surface area contributed by atoms with E-state index < -0.39 is 0 Å². The van der Waals surface area contributed by atoms with Crippen molar-refractivity contribution in [1.82, 2.24) is 4.90 Å². The van der Waals surface area contributed by atoms with Gasteiger partial charge in [-0.05, 0) is 39.7 Å². The molecule has 0 atom stereocenters. The summed E-state index contributed by atoms with van der Waals surface area (Å²) in [6, 6.07) is 2.33. The van der Waals surface area contributed by atoms with Crippen LogP contribution in [0.4, 0.5) is 10.5 Å². The van der Waals surface area contributed by atoms with Crippen LogP contribution in [0.5, 0.6) is 0 Å². The van der Waals surface area contributed by atoms with E-state index in [1.807, 2.05) is 16.2 Å². The van der Waals surface area contributed by atoms with Crippen LogP contribution >= 0.6 is 11.3 Å². The fraction of sp³-hybridized carbons (Fsp3) is 0.643. The second-order valence-electron chi connectivity index (χ2n) is 6.00. The summed E-state index contributed by atoms with van der Waals surface area (Å²) >= 11 is 1.82. The summed E-state index contributed by atoms with van der Waals surface area (Å²) in [6.45, 7) is 12.8. The minimum Gasteiger partial charge on any atom is -0.312 e. The summed E-state index contributed by atoms with van der Waals surface area (Å²) in [5, 5.41) is 3.02. The molecule has 18 heavy (non-hydrogen) atoms. The minimum atomic E-state index is -0.233. The number of rotatable bonds is 2. The van der Waals surface area contributed by atoms with Gasteiger partial charge >= 0.3 is 6.03 Å². The van der Waals surface area contributed by atoms with Crippen LogP contribution in [0, 0.1) is 0 Å². The van der Waals surface area contributed by atoms with Crippen LogP contribution in [0.2, 0.25) is 0 Å². The Morgan fingerprint density at radius 2 is 1.89 bits per heavy atom. The molecule has 0 saturated carbocycles. The van der Waals surface area contributed by atoms with Gasteiger partial charge in [-0.15, -0.1) is 11.3 Å². The Hall–Kier alpha value is -1.03. The zero-order valence-corrected chi connectivity index (χ0v) is 12.8. The number of fused-ring (bicyclic) bond motifs is 1. The van der Waals surface area contributed by atoms with E-state index in [-0.39, 0.29) is 17.6 Å². The number of carbonyl (C=O) groups excluding carboxylic acids is 1. The lowest BCUT2D eigenvalue weighted by molar-refractivity contribution is 0.118. The van der Waals surface area contributed by atoms with Gasteiger partial charge in [0.05, 0.1) is 16.1 Å². The standard InChI is InChI=1S/C14H22N2OS/c1-8(2)11-7-10-12(18-11)14(5,6)16(9(3)4)13(17)15-10/h7-9H,1-6H3,(H,15,17). The van der Waals surface area contributed by atoms with Gasteiger partial charge in [-0.25, -0.2) is 4.79 Å². The second-order valence-corrected chi connectivity index (χ2v) is 7.08. The minimum absolute atomic E-state index is 0.00982. The van der Waals surface area contributed by atoms with Crippen molar-refractivity contribution < 1.29 is 4.79 Å². The first-order valence-electron chi connectivity index (χ1n) is 6.49. The summed E-state index contributed by atoms with van der Waals surface area (Å²) in [7, 11) is 0. The third kappa shape index (κ3) is 1.92. The SMILES string of the molecule is CC(C)c1cc2c(s1)C(C)(C)N(C(C)C)C(=O)N2. The van der Waals surface area contributed by atoms with Crippen LogP contribution in [0.25, 0.3) is 0 Å². The van der Waals surface area contributed by atoms with Gasteiger partial charge in [-0.3, -0.25) is 0 Å². The van der Waals surface area contributed by atoms with Crippen molar-refractivity contribution in [1.29, 1.82) is 0 Å². The normalized spacial score (nSPS) is 18.2. The average molecular weight is 266 g/mol. The second kappa shape index (κ2) is 4.26. The molecule has 0 aromatic carbocycles. The largest absolute Gasteiger partial charge is 0.322 e. The highest BCUT2D eigenvalue weighted by molar-refractivity contribution is 7.12. The van der Waals surface area contributed by atoms with Crippen molar-refractivity contribution in [2.45, 2.75) is 59.0 Å². The molecule has 0 bridgehead atoms. The highest BCUT2D eigenvalue weighted by atomic mass is 32.1. The summed E-state index contributed by atoms with van der Waals surface area (Å²) in [5.74, 6) is 0.501. The maximum Gasteiger partial charge on any atom is 0.322 e. The molecule has 2 rings (SSSR count). The van der Waals surface area contributed by atoms with Crippen LogP contribution < -0.4 is 5.32 Å². The Kier molecular flexibility index (Phi) is 3.18. The summed E-state index contributed by atoms with van der Waals surface area (Å²) < 4.78 is 0. The highest BCUT2D eigenvalue weighted by Crippen LogP contribution is 2.45. The number of amides is 2. The number of hydrogen-bond acceptors (Lipinski definition) is 2. The van der Waals surface area contributed by atoms with E-state index in [0.717, 1.165) is 5.69 Å². The van der Waals surface area contributed by atoms with Crippen molar-refractivity contribution in [3.05, 3.63) is 15.8 Å². The molecule has 0 spiro atoms. The molecule has 100 valence electrons. The van der Waals surface area contributed by atoms with Crippen LogP contribution in [0.3, 0.4) is 0 Å². The fourth-order valence-electron chi connectivity index (χ4n) is 2.66. The van der Waals surface area contributed by atoms with Gasteiger partial charge < -0.3 is 10.2 Å². The average Bonchev–Trinajstić information content (AvgIpc) is 2.60. The number of anilines is 1. The fourth-order valence-corrected chi connectivity index (χ4v) is 3.88. The maximum atomic E-state index is 12.2. The molecule has 0 aliphatic carbocycles. The van der Waals surface area contributed by atoms with Crippen molar-refractivity contribution in [3.63, 3.8) is 0 Å². The van der Waals surface area contributed by atoms with E-state index in [1.54, 1.807) is 0 Å². The molecule has 0 unspecified atom stereocenters. The van der Waals surface area contributed by atoms with E-state index >= 15 is 0 Å². The van der Waals surface area contributed by atoms with E-state index in [0.29, 0.717) is 5.92 Å². The lowest BCUT2D eigenvalue weighted by Gasteiger charge is -2.44. The number of thiophene rings is 1. The Morgan fingerprint density at radius 1 is 1.28 bits per heavy atom. The van der Waals surface area contributed by atoms with Crippen molar-refractivity contribution in [2.75, 3.05) is 5.32 Å². The molecular weight excluding hydrogens is 244 g/mol. The molecule has 1 aliphatic rings. The van der Waals surface area contributed by atoms with Gasteiger partial charge in [0.15, 0.2) is 0 Å². The molecule has 1 aromatic heterocycles. The summed E-state index contributed by atoms with van der Waals surface area (Å²) in [5.41, 5.74) is 0.763. The van der Waals surface area contributed by atoms with Crippen LogP contribution in [0.15, 0.2) is 6.07 Å². The molecule has 1 aliphatic heterocycles. The monoisotopic (exact) mass is 266 g/mol. The maximum absolute atomic E-state index is 12.2. The number of nitrogens with one attached hydrogen (secondary N) is 1. The Balaban J connectivity index is 2.52. The summed E-state index contributed by atoms with van der Waals surface area (Å²) in [4.78, 5) is 16.7. The first kappa shape index (κ1) is 13.4. The third-order valence-electron chi connectivity index (χ3n) is 3.45. The van der Waals surface area contributed by atoms with Gasteiger partial charge in [-0.1, -0.05) is 13.8 Å². The molecule has 1 aromatic rings. The quantitative estimate of drug-likeness (QED) is 0.847. The van der Waals surface area contributed by atoms with Crippen LogP contribution in [-0.2, 0) is 5.54 Å². The topological polar surface area (TPSA) is 32.3 Å². The smallest absolute Gasteiger partial charge is 0.312 e. The highest BCUT2D eigenvalue weighted by Gasteiger charge is 2.42. The van der Waals surface area contributed by atoms with E-state index in [1.165, 1.54) is 9.75 Å². The van der Waals surface area contributed by atoms with Crippen molar-refractivity contribution >= 4 is 23.1 Å². The lowest BCUT2D eigenvalue weighted by Crippen LogP contribution is -2.54. The first-order valence-corrected chi connectivity index (χ1v) is 7.31. The lowest BCUT2D eigenvalue weighted by atomic mass is 9.95. The molecule has 0 saturated heterocycles. The zero-order valence-electron chi connectivity index (χ0n) is 12.0. The third-order valence-corrected chi connectivity index (χ3v) is 5.20. The zero-order chi connectivity index (χ0) is 13.7. The van der Waals surface area contributed by atoms with E-state index in [9.17, 15) is 4.79 Å².